The molecule has 0 aliphatic heterocycles. The van der Waals surface area contributed by atoms with Crippen molar-refractivity contribution in [3.05, 3.63) is 70.9 Å². The van der Waals surface area contributed by atoms with Gasteiger partial charge in [-0.1, -0.05) is 30.3 Å². The summed E-state index contributed by atoms with van der Waals surface area (Å²) >= 11 is 0. The number of hydrogen-bond donors (Lipinski definition) is 2. The molecule has 0 fully saturated rings. The van der Waals surface area contributed by atoms with E-state index in [9.17, 15) is 9.90 Å². The molecule has 2 N–H and O–H groups in total. The van der Waals surface area contributed by atoms with Gasteiger partial charge in [0.2, 0.25) is 5.95 Å². The third kappa shape index (κ3) is 3.47. The molecule has 1 aromatic carbocycles. The number of benzene rings is 1. The van der Waals surface area contributed by atoms with E-state index in [0.29, 0.717) is 17.3 Å². The minimum Gasteiger partial charge on any atom is -0.387 e. The molecule has 0 aliphatic carbocycles. The van der Waals surface area contributed by atoms with E-state index in [1.165, 1.54) is 4.57 Å². The first kappa shape index (κ1) is 15.8. The lowest BCUT2D eigenvalue weighted by atomic mass is 10.1. The zero-order chi connectivity index (χ0) is 16.9. The van der Waals surface area contributed by atoms with Crippen molar-refractivity contribution in [1.29, 1.82) is 0 Å². The van der Waals surface area contributed by atoms with Crippen molar-refractivity contribution >= 4 is 5.95 Å². The summed E-state index contributed by atoms with van der Waals surface area (Å²) in [6.07, 6.45) is 2.52. The summed E-state index contributed by atoms with van der Waals surface area (Å²) in [5.41, 5.74) is 1.07. The van der Waals surface area contributed by atoms with Gasteiger partial charge >= 0.3 is 5.69 Å². The largest absolute Gasteiger partial charge is 0.387 e. The fourth-order valence-electron chi connectivity index (χ4n) is 2.23. The van der Waals surface area contributed by atoms with Crippen LogP contribution in [0.3, 0.4) is 0 Å². The number of anilines is 1. The van der Waals surface area contributed by atoms with Crippen LogP contribution < -0.4 is 11.0 Å². The Balaban J connectivity index is 1.83. The highest BCUT2D eigenvalue weighted by atomic mass is 16.3. The van der Waals surface area contributed by atoms with Crippen LogP contribution in [0.2, 0.25) is 0 Å². The summed E-state index contributed by atoms with van der Waals surface area (Å²) in [6.45, 7) is 0.226. The Morgan fingerprint density at radius 1 is 1.12 bits per heavy atom. The molecule has 1 atom stereocenters. The van der Waals surface area contributed by atoms with E-state index < -0.39 is 11.8 Å². The summed E-state index contributed by atoms with van der Waals surface area (Å²) in [5, 5.41) is 13.2. The highest BCUT2D eigenvalue weighted by Crippen LogP contribution is 2.15. The topological polar surface area (TPSA) is 92.9 Å². The summed E-state index contributed by atoms with van der Waals surface area (Å²) in [4.78, 5) is 24.3. The third-order valence-corrected chi connectivity index (χ3v) is 3.59. The first-order valence-electron chi connectivity index (χ1n) is 7.47. The van der Waals surface area contributed by atoms with Gasteiger partial charge in [-0.25, -0.2) is 4.79 Å². The number of aliphatic hydroxyl groups excluding tert-OH is 1. The van der Waals surface area contributed by atoms with Crippen molar-refractivity contribution in [3.8, 4) is 11.4 Å². The van der Waals surface area contributed by atoms with Crippen LogP contribution in [0.1, 0.15) is 11.7 Å². The van der Waals surface area contributed by atoms with E-state index in [1.807, 2.05) is 30.3 Å². The second kappa shape index (κ2) is 7.01. The molecule has 2 heterocycles. The van der Waals surface area contributed by atoms with Crippen LogP contribution in [-0.4, -0.2) is 31.2 Å². The van der Waals surface area contributed by atoms with E-state index in [-0.39, 0.29) is 6.54 Å². The highest BCUT2D eigenvalue weighted by molar-refractivity contribution is 5.54. The van der Waals surface area contributed by atoms with E-state index in [2.05, 4.69) is 20.3 Å². The molecule has 3 aromatic rings. The zero-order valence-corrected chi connectivity index (χ0v) is 13.1. The molecule has 122 valence electrons. The molecule has 0 aliphatic rings. The van der Waals surface area contributed by atoms with Gasteiger partial charge in [-0.05, 0) is 17.7 Å². The molecule has 7 nitrogen and oxygen atoms in total. The fourth-order valence-corrected chi connectivity index (χ4v) is 2.23. The second-order valence-electron chi connectivity index (χ2n) is 5.26. The lowest BCUT2D eigenvalue weighted by molar-refractivity contribution is 0.191. The Bertz CT molecular complexity index is 865. The summed E-state index contributed by atoms with van der Waals surface area (Å²) in [6, 6.07) is 12.8. The van der Waals surface area contributed by atoms with Crippen molar-refractivity contribution in [2.24, 2.45) is 7.05 Å². The van der Waals surface area contributed by atoms with Crippen molar-refractivity contribution < 1.29 is 5.11 Å². The monoisotopic (exact) mass is 323 g/mol. The molecule has 7 heteroatoms. The lowest BCUT2D eigenvalue weighted by Gasteiger charge is -2.14. The first-order chi connectivity index (χ1) is 11.6. The summed E-state index contributed by atoms with van der Waals surface area (Å²) in [7, 11) is 1.58. The first-order valence-corrected chi connectivity index (χ1v) is 7.47. The maximum absolute atomic E-state index is 12.0. The molecule has 0 spiro atoms. The number of pyridine rings is 1. The SMILES string of the molecule is Cn1c(NCC(O)c2ccccc2)nc(-c2ccncc2)nc1=O. The lowest BCUT2D eigenvalue weighted by Crippen LogP contribution is -2.27. The van der Waals surface area contributed by atoms with Gasteiger partial charge in [0.05, 0.1) is 6.10 Å². The Morgan fingerprint density at radius 2 is 1.83 bits per heavy atom. The standard InChI is InChI=1S/C17H17N5O2/c1-22-16(19-11-14(23)12-5-3-2-4-6-12)20-15(21-17(22)24)13-7-9-18-10-8-13/h2-10,14,23H,11H2,1H3,(H,19,20,21,24). The molecule has 0 bridgehead atoms. The van der Waals surface area contributed by atoms with Crippen molar-refractivity contribution in [2.75, 3.05) is 11.9 Å². The van der Waals surface area contributed by atoms with Crippen molar-refractivity contribution in [3.63, 3.8) is 0 Å². The van der Waals surface area contributed by atoms with Crippen LogP contribution in [0.15, 0.2) is 59.7 Å². The smallest absolute Gasteiger partial charge is 0.352 e. The van der Waals surface area contributed by atoms with Crippen LogP contribution in [0.25, 0.3) is 11.4 Å². The van der Waals surface area contributed by atoms with Gasteiger partial charge in [-0.15, -0.1) is 0 Å². The second-order valence-corrected chi connectivity index (χ2v) is 5.26. The van der Waals surface area contributed by atoms with Gasteiger partial charge < -0.3 is 10.4 Å². The van der Waals surface area contributed by atoms with Gasteiger partial charge in [-0.2, -0.15) is 9.97 Å². The number of rotatable bonds is 5. The molecule has 3 rings (SSSR count). The highest BCUT2D eigenvalue weighted by Gasteiger charge is 2.11. The quantitative estimate of drug-likeness (QED) is 0.737. The number of aromatic nitrogens is 4. The van der Waals surface area contributed by atoms with Gasteiger partial charge in [0.15, 0.2) is 5.82 Å². The molecular weight excluding hydrogens is 306 g/mol. The molecule has 0 saturated carbocycles. The van der Waals surface area contributed by atoms with Gasteiger partial charge in [0.1, 0.15) is 0 Å². The van der Waals surface area contributed by atoms with Crippen LogP contribution in [0.5, 0.6) is 0 Å². The molecule has 0 amide bonds. The summed E-state index contributed by atoms with van der Waals surface area (Å²) < 4.78 is 1.31. The molecule has 0 saturated heterocycles. The normalized spacial score (nSPS) is 11.9. The average molecular weight is 323 g/mol. The average Bonchev–Trinajstić information content (AvgIpc) is 2.64. The Hall–Kier alpha value is -3.06. The predicted octanol–water partition coefficient (Wildman–Crippen LogP) is 1.38. The Labute approximate surface area is 138 Å². The maximum Gasteiger partial charge on any atom is 0.352 e. The Kier molecular flexibility index (Phi) is 4.62. The van der Waals surface area contributed by atoms with E-state index >= 15 is 0 Å². The minimum atomic E-state index is -0.708. The zero-order valence-electron chi connectivity index (χ0n) is 13.1. The Morgan fingerprint density at radius 3 is 2.54 bits per heavy atom. The minimum absolute atomic E-state index is 0.226. The molecular formula is C17H17N5O2. The van der Waals surface area contributed by atoms with Crippen LogP contribution in [-0.2, 0) is 7.05 Å². The van der Waals surface area contributed by atoms with E-state index in [1.54, 1.807) is 31.6 Å². The molecule has 0 radical (unpaired) electrons. The molecule has 1 unspecified atom stereocenters. The van der Waals surface area contributed by atoms with Crippen LogP contribution >= 0.6 is 0 Å². The number of hydrogen-bond acceptors (Lipinski definition) is 6. The van der Waals surface area contributed by atoms with Crippen molar-refractivity contribution in [1.82, 2.24) is 19.5 Å². The van der Waals surface area contributed by atoms with Gasteiger partial charge in [-0.3, -0.25) is 9.55 Å². The third-order valence-electron chi connectivity index (χ3n) is 3.59. The van der Waals surface area contributed by atoms with E-state index in [0.717, 1.165) is 5.56 Å². The fraction of sp³-hybridized carbons (Fsp3) is 0.176. The molecule has 2 aromatic heterocycles. The number of aliphatic hydroxyl groups is 1. The van der Waals surface area contributed by atoms with E-state index in [4.69, 9.17) is 0 Å². The molecule has 24 heavy (non-hydrogen) atoms. The van der Waals surface area contributed by atoms with Gasteiger partial charge in [0, 0.05) is 31.5 Å². The van der Waals surface area contributed by atoms with Crippen molar-refractivity contribution in [2.45, 2.75) is 6.10 Å². The number of nitrogens with one attached hydrogen (secondary N) is 1. The van der Waals surface area contributed by atoms with Gasteiger partial charge in [0.25, 0.3) is 0 Å². The van der Waals surface area contributed by atoms with Crippen LogP contribution in [0, 0.1) is 0 Å². The summed E-state index contributed by atoms with van der Waals surface area (Å²) in [5.74, 6) is 0.661. The maximum atomic E-state index is 12.0. The predicted molar refractivity (Wildman–Crippen MR) is 90.4 cm³/mol. The number of nitrogens with zero attached hydrogens (tertiary/aromatic N) is 4. The van der Waals surface area contributed by atoms with Crippen LogP contribution in [0.4, 0.5) is 5.95 Å².